The Balaban J connectivity index is 1.92. The normalized spacial score (nSPS) is 13.4. The number of hydrogen-bond acceptors (Lipinski definition) is 2. The molecule has 168 valence electrons. The van der Waals surface area contributed by atoms with Crippen molar-refractivity contribution in [3.63, 3.8) is 0 Å². The number of allylic oxidation sites excluding steroid dienone is 2. The highest BCUT2D eigenvalue weighted by atomic mass is 16.2. The number of unbranched alkanes of at least 4 members (excludes halogenated alkanes) is 9. The third-order valence-corrected chi connectivity index (χ3v) is 5.69. The summed E-state index contributed by atoms with van der Waals surface area (Å²) >= 11 is 0. The van der Waals surface area contributed by atoms with E-state index in [0.717, 1.165) is 58.2 Å². The lowest BCUT2D eigenvalue weighted by Crippen LogP contribution is -2.37. The molecule has 0 N–H and O–H groups in total. The predicted octanol–water partition coefficient (Wildman–Crippen LogP) is 6.10. The zero-order valence-electron chi connectivity index (χ0n) is 19.5. The lowest BCUT2D eigenvalue weighted by molar-refractivity contribution is -0.133. The first-order valence-corrected chi connectivity index (χ1v) is 12.3. The number of amides is 2. The van der Waals surface area contributed by atoms with E-state index in [1.165, 1.54) is 38.5 Å². The lowest BCUT2D eigenvalue weighted by atomic mass is 10.1. The van der Waals surface area contributed by atoms with Crippen molar-refractivity contribution in [1.82, 2.24) is 9.80 Å². The smallest absolute Gasteiger partial charge is 0.222 e. The van der Waals surface area contributed by atoms with E-state index in [1.54, 1.807) is 0 Å². The van der Waals surface area contributed by atoms with Gasteiger partial charge in [-0.25, -0.2) is 0 Å². The maximum absolute atomic E-state index is 12.4. The second-order valence-corrected chi connectivity index (χ2v) is 8.79. The summed E-state index contributed by atoms with van der Waals surface area (Å²) in [5, 5.41) is 0. The largest absolute Gasteiger partial charge is 0.340 e. The molecule has 1 saturated heterocycles. The Hall–Kier alpha value is -1.32. The van der Waals surface area contributed by atoms with Crippen LogP contribution in [0.5, 0.6) is 0 Å². The van der Waals surface area contributed by atoms with Crippen LogP contribution in [0.4, 0.5) is 0 Å². The van der Waals surface area contributed by atoms with Gasteiger partial charge in [-0.15, -0.1) is 0 Å². The summed E-state index contributed by atoms with van der Waals surface area (Å²) in [6.07, 6.45) is 20.0. The first-order valence-electron chi connectivity index (χ1n) is 12.3. The molecule has 0 spiro atoms. The number of hydrogen-bond donors (Lipinski definition) is 0. The maximum Gasteiger partial charge on any atom is 0.222 e. The molecule has 0 aromatic heterocycles. The Bertz CT molecular complexity index is 469. The van der Waals surface area contributed by atoms with Gasteiger partial charge in [0.2, 0.25) is 11.8 Å². The second kappa shape index (κ2) is 16.5. The van der Waals surface area contributed by atoms with Crippen LogP contribution in [-0.4, -0.2) is 47.3 Å². The van der Waals surface area contributed by atoms with Crippen LogP contribution in [0, 0.1) is 0 Å². The van der Waals surface area contributed by atoms with Crippen LogP contribution < -0.4 is 0 Å². The molecule has 2 amide bonds. The summed E-state index contributed by atoms with van der Waals surface area (Å²) in [4.78, 5) is 27.9. The van der Waals surface area contributed by atoms with E-state index >= 15 is 0 Å². The summed E-state index contributed by atoms with van der Waals surface area (Å²) in [6, 6.07) is 0.320. The molecule has 0 atom stereocenters. The van der Waals surface area contributed by atoms with E-state index in [0.29, 0.717) is 30.7 Å². The molecule has 0 bridgehead atoms. The average molecular weight is 407 g/mol. The zero-order valence-corrected chi connectivity index (χ0v) is 19.5. The van der Waals surface area contributed by atoms with E-state index < -0.39 is 0 Å². The molecule has 0 aliphatic carbocycles. The summed E-state index contributed by atoms with van der Waals surface area (Å²) in [5.41, 5.74) is 0. The molecule has 1 aliphatic heterocycles. The van der Waals surface area contributed by atoms with Gasteiger partial charge in [0.25, 0.3) is 0 Å². The SMILES string of the molecule is CCCCCC(=O)N(CCCCCCCC/C=C\CCCC(=O)N1CC1)C(C)C. The lowest BCUT2D eigenvalue weighted by Gasteiger charge is -2.27. The highest BCUT2D eigenvalue weighted by Crippen LogP contribution is 2.12. The molecular weight excluding hydrogens is 360 g/mol. The summed E-state index contributed by atoms with van der Waals surface area (Å²) in [5.74, 6) is 0.672. The number of nitrogens with zero attached hydrogens (tertiary/aromatic N) is 2. The Morgan fingerprint density at radius 3 is 2.07 bits per heavy atom. The quantitative estimate of drug-likeness (QED) is 0.157. The van der Waals surface area contributed by atoms with Crippen molar-refractivity contribution < 1.29 is 9.59 Å². The summed E-state index contributed by atoms with van der Waals surface area (Å²) < 4.78 is 0. The molecule has 0 unspecified atom stereocenters. The molecule has 29 heavy (non-hydrogen) atoms. The highest BCUT2D eigenvalue weighted by molar-refractivity contribution is 5.78. The minimum Gasteiger partial charge on any atom is -0.340 e. The van der Waals surface area contributed by atoms with Gasteiger partial charge in [0, 0.05) is 38.5 Å². The van der Waals surface area contributed by atoms with Gasteiger partial charge in [0.15, 0.2) is 0 Å². The van der Waals surface area contributed by atoms with Crippen LogP contribution in [0.15, 0.2) is 12.2 Å². The Morgan fingerprint density at radius 2 is 1.45 bits per heavy atom. The van der Waals surface area contributed by atoms with E-state index in [2.05, 4.69) is 37.8 Å². The van der Waals surface area contributed by atoms with E-state index in [9.17, 15) is 9.59 Å². The van der Waals surface area contributed by atoms with Crippen LogP contribution in [-0.2, 0) is 9.59 Å². The molecular formula is C25H46N2O2. The van der Waals surface area contributed by atoms with Gasteiger partial charge in [0.1, 0.15) is 0 Å². The van der Waals surface area contributed by atoms with Crippen molar-refractivity contribution in [2.75, 3.05) is 19.6 Å². The standard InChI is InChI=1S/C25H46N2O2/c1-4-5-15-19-25(29)27(23(2)3)20-17-14-12-10-8-6-7-9-11-13-16-18-24(28)26-21-22-26/h9,11,23H,4-8,10,12-22H2,1-3H3/b11-9-. The fourth-order valence-corrected chi connectivity index (χ4v) is 3.66. The van der Waals surface area contributed by atoms with Gasteiger partial charge < -0.3 is 9.80 Å². The Morgan fingerprint density at radius 1 is 0.828 bits per heavy atom. The fraction of sp³-hybridized carbons (Fsp3) is 0.840. The maximum atomic E-state index is 12.4. The van der Waals surface area contributed by atoms with Crippen LogP contribution >= 0.6 is 0 Å². The van der Waals surface area contributed by atoms with Crippen molar-refractivity contribution in [3.05, 3.63) is 12.2 Å². The van der Waals surface area contributed by atoms with Crippen molar-refractivity contribution in [3.8, 4) is 0 Å². The minimum atomic E-state index is 0.320. The topological polar surface area (TPSA) is 40.4 Å². The number of rotatable bonds is 18. The van der Waals surface area contributed by atoms with Crippen LogP contribution in [0.25, 0.3) is 0 Å². The van der Waals surface area contributed by atoms with Gasteiger partial charge >= 0.3 is 0 Å². The molecule has 1 fully saturated rings. The molecule has 0 saturated carbocycles. The molecule has 4 heteroatoms. The van der Waals surface area contributed by atoms with Gasteiger partial charge in [-0.2, -0.15) is 0 Å². The van der Waals surface area contributed by atoms with Gasteiger partial charge in [-0.05, 0) is 52.4 Å². The van der Waals surface area contributed by atoms with Crippen molar-refractivity contribution in [2.45, 2.75) is 117 Å². The third kappa shape index (κ3) is 13.5. The zero-order chi connectivity index (χ0) is 21.3. The molecule has 4 nitrogen and oxygen atoms in total. The number of carbonyl (C=O) groups excluding carboxylic acids is 2. The van der Waals surface area contributed by atoms with Crippen LogP contribution in [0.2, 0.25) is 0 Å². The van der Waals surface area contributed by atoms with E-state index in [4.69, 9.17) is 0 Å². The highest BCUT2D eigenvalue weighted by Gasteiger charge is 2.22. The average Bonchev–Trinajstić information content (AvgIpc) is 3.53. The van der Waals surface area contributed by atoms with Crippen molar-refractivity contribution in [1.29, 1.82) is 0 Å². The molecule has 0 radical (unpaired) electrons. The molecule has 1 aliphatic rings. The van der Waals surface area contributed by atoms with Gasteiger partial charge in [-0.3, -0.25) is 9.59 Å². The van der Waals surface area contributed by atoms with Crippen molar-refractivity contribution >= 4 is 11.8 Å². The molecule has 1 rings (SSSR count). The van der Waals surface area contributed by atoms with Gasteiger partial charge in [0.05, 0.1) is 0 Å². The third-order valence-electron chi connectivity index (χ3n) is 5.69. The molecule has 1 heterocycles. The van der Waals surface area contributed by atoms with Crippen LogP contribution in [0.1, 0.15) is 111 Å². The van der Waals surface area contributed by atoms with Gasteiger partial charge in [-0.1, -0.05) is 57.6 Å². The number of carbonyl (C=O) groups is 2. The Kier molecular flexibility index (Phi) is 14.6. The Labute approximate surface area is 180 Å². The fourth-order valence-electron chi connectivity index (χ4n) is 3.66. The van der Waals surface area contributed by atoms with Crippen LogP contribution in [0.3, 0.4) is 0 Å². The predicted molar refractivity (Wildman–Crippen MR) is 123 cm³/mol. The summed E-state index contributed by atoms with van der Waals surface area (Å²) in [6.45, 7) is 9.32. The second-order valence-electron chi connectivity index (χ2n) is 8.79. The van der Waals surface area contributed by atoms with Crippen molar-refractivity contribution in [2.24, 2.45) is 0 Å². The monoisotopic (exact) mass is 406 g/mol. The first kappa shape index (κ1) is 25.7. The minimum absolute atomic E-state index is 0.320. The first-order chi connectivity index (χ1) is 14.1. The molecule has 0 aromatic carbocycles. The van der Waals surface area contributed by atoms with E-state index in [-0.39, 0.29) is 0 Å². The van der Waals surface area contributed by atoms with E-state index in [1.807, 2.05) is 4.90 Å². The summed E-state index contributed by atoms with van der Waals surface area (Å²) in [7, 11) is 0. The molecule has 0 aromatic rings.